The highest BCUT2D eigenvalue weighted by atomic mass is 32.2. The van der Waals surface area contributed by atoms with Crippen molar-refractivity contribution in [1.29, 1.82) is 0 Å². The number of nitrogens with two attached hydrogens (primary N) is 1. The summed E-state index contributed by atoms with van der Waals surface area (Å²) in [7, 11) is -3.56. The van der Waals surface area contributed by atoms with Crippen LogP contribution in [0.5, 0.6) is 5.88 Å². The molecule has 2 amide bonds. The maximum atomic E-state index is 13.0. The van der Waals surface area contributed by atoms with Crippen molar-refractivity contribution in [3.8, 4) is 5.88 Å². The second kappa shape index (κ2) is 5.79. The van der Waals surface area contributed by atoms with Gasteiger partial charge in [0.1, 0.15) is 4.90 Å². The maximum Gasteiger partial charge on any atom is 0.354 e. The van der Waals surface area contributed by atoms with Gasteiger partial charge in [0.05, 0.1) is 19.3 Å². The summed E-state index contributed by atoms with van der Waals surface area (Å²) in [6.07, 6.45) is 5.16. The van der Waals surface area contributed by atoms with Crippen LogP contribution in [-0.4, -0.2) is 37.3 Å². The van der Waals surface area contributed by atoms with Crippen LogP contribution in [0.2, 0.25) is 0 Å². The van der Waals surface area contributed by atoms with Crippen LogP contribution in [0.4, 0.5) is 10.5 Å². The predicted molar refractivity (Wildman–Crippen MR) is 102 cm³/mol. The molecular weight excluding hydrogens is 382 g/mol. The zero-order valence-electron chi connectivity index (χ0n) is 15.4. The molecule has 2 heterocycles. The first kappa shape index (κ1) is 17.7. The lowest BCUT2D eigenvalue weighted by Gasteiger charge is -2.31. The second-order valence-corrected chi connectivity index (χ2v) is 9.56. The van der Waals surface area contributed by atoms with E-state index in [1.807, 2.05) is 0 Å². The van der Waals surface area contributed by atoms with E-state index in [4.69, 9.17) is 9.88 Å². The Morgan fingerprint density at radius 3 is 2.64 bits per heavy atom. The van der Waals surface area contributed by atoms with Gasteiger partial charge in [-0.3, -0.25) is 0 Å². The lowest BCUT2D eigenvalue weighted by Crippen LogP contribution is -2.35. The number of carbonyl (C=O) groups is 1. The SMILES string of the molecule is C[C@]1(CO)Cn2ncc([S@@](N)(=O)=NC(=O)Nc3c4c(cc5c3CC5)CC4)c2O1. The quantitative estimate of drug-likeness (QED) is 0.707. The monoisotopic (exact) mass is 403 g/mol. The zero-order chi connectivity index (χ0) is 19.7. The lowest BCUT2D eigenvalue weighted by atomic mass is 9.76. The lowest BCUT2D eigenvalue weighted by molar-refractivity contribution is 0.0399. The van der Waals surface area contributed by atoms with Crippen LogP contribution >= 0.6 is 0 Å². The number of fused-ring (bicyclic) bond motifs is 3. The van der Waals surface area contributed by atoms with Gasteiger partial charge in [-0.15, -0.1) is 4.36 Å². The Hall–Kier alpha value is -2.43. The molecule has 2 aromatic rings. The number of aliphatic hydroxyl groups excluding tert-OH is 1. The summed E-state index contributed by atoms with van der Waals surface area (Å²) < 4.78 is 23.9. The molecular formula is C18H21N5O4S. The third-order valence-corrected chi connectivity index (χ3v) is 7.05. The highest BCUT2D eigenvalue weighted by Crippen LogP contribution is 2.41. The minimum atomic E-state index is -3.56. The summed E-state index contributed by atoms with van der Waals surface area (Å²) in [5, 5.41) is 22.3. The molecule has 0 unspecified atom stereocenters. The molecule has 10 heteroatoms. The number of aromatic nitrogens is 2. The molecule has 0 saturated heterocycles. The largest absolute Gasteiger partial charge is 0.466 e. The zero-order valence-corrected chi connectivity index (χ0v) is 16.2. The van der Waals surface area contributed by atoms with Crippen LogP contribution < -0.4 is 15.2 Å². The van der Waals surface area contributed by atoms with Crippen molar-refractivity contribution in [3.05, 3.63) is 34.5 Å². The molecule has 3 aliphatic rings. The highest BCUT2D eigenvalue weighted by molar-refractivity contribution is 7.91. The Kier molecular flexibility index (Phi) is 3.65. The van der Waals surface area contributed by atoms with Gasteiger partial charge in [-0.2, -0.15) is 5.10 Å². The Balaban J connectivity index is 1.45. The molecule has 9 nitrogen and oxygen atoms in total. The van der Waals surface area contributed by atoms with Gasteiger partial charge in [0.2, 0.25) is 5.88 Å². The first-order valence-electron chi connectivity index (χ1n) is 9.18. The number of ether oxygens (including phenoxy) is 1. The molecule has 5 rings (SSSR count). The van der Waals surface area contributed by atoms with Crippen molar-refractivity contribution in [1.82, 2.24) is 9.78 Å². The molecule has 0 saturated carbocycles. The van der Waals surface area contributed by atoms with Crippen LogP contribution in [0.1, 0.15) is 29.2 Å². The van der Waals surface area contributed by atoms with Crippen molar-refractivity contribution in [2.24, 2.45) is 9.50 Å². The number of carbonyl (C=O) groups excluding carboxylic acids is 1. The summed E-state index contributed by atoms with van der Waals surface area (Å²) in [4.78, 5) is 12.6. The minimum absolute atomic E-state index is 0.0499. The van der Waals surface area contributed by atoms with E-state index in [1.165, 1.54) is 22.0 Å². The number of nitrogens with one attached hydrogen (secondary N) is 1. The second-order valence-electron chi connectivity index (χ2n) is 7.80. The molecule has 1 aliphatic heterocycles. The fraction of sp³-hybridized carbons (Fsp3) is 0.444. The molecule has 148 valence electrons. The number of aliphatic hydroxyl groups is 1. The van der Waals surface area contributed by atoms with Gasteiger partial charge in [-0.05, 0) is 54.9 Å². The molecule has 1 aromatic carbocycles. The number of urea groups is 1. The maximum absolute atomic E-state index is 13.0. The van der Waals surface area contributed by atoms with E-state index in [2.05, 4.69) is 20.8 Å². The Morgan fingerprint density at radius 1 is 1.39 bits per heavy atom. The summed E-state index contributed by atoms with van der Waals surface area (Å²) in [6, 6.07) is 1.46. The van der Waals surface area contributed by atoms with Gasteiger partial charge in [-0.1, -0.05) is 6.07 Å². The van der Waals surface area contributed by atoms with Gasteiger partial charge in [0.25, 0.3) is 0 Å². The summed E-state index contributed by atoms with van der Waals surface area (Å²) >= 11 is 0. The number of anilines is 1. The standard InChI is InChI=1S/C18H21N5O4S/c1-18(9-24)8-23-16(27-18)14(7-20-23)28(19,26)22-17(25)21-15-12-4-2-10(12)6-11-3-5-13(11)15/h6-7,24H,2-5,8-9H2,1H3,(H3,19,21,22,25,26)/t18-,28+/m1/s1. The Labute approximate surface area is 162 Å². The Morgan fingerprint density at radius 2 is 2.07 bits per heavy atom. The van der Waals surface area contributed by atoms with E-state index in [1.54, 1.807) is 6.92 Å². The molecule has 0 radical (unpaired) electrons. The van der Waals surface area contributed by atoms with Crippen molar-refractivity contribution in [2.45, 2.75) is 49.6 Å². The molecule has 2 aliphatic carbocycles. The fourth-order valence-corrected chi connectivity index (χ4v) is 4.95. The smallest absolute Gasteiger partial charge is 0.354 e. The van der Waals surface area contributed by atoms with Crippen molar-refractivity contribution >= 4 is 21.6 Å². The number of amides is 2. The van der Waals surface area contributed by atoms with Crippen molar-refractivity contribution in [2.75, 3.05) is 11.9 Å². The van der Waals surface area contributed by atoms with Crippen molar-refractivity contribution < 1.29 is 18.8 Å². The van der Waals surface area contributed by atoms with Crippen LogP contribution in [0, 0.1) is 0 Å². The molecule has 1 aromatic heterocycles. The van der Waals surface area contributed by atoms with E-state index in [0.717, 1.165) is 42.5 Å². The van der Waals surface area contributed by atoms with Crippen molar-refractivity contribution in [3.63, 3.8) is 0 Å². The predicted octanol–water partition coefficient (Wildman–Crippen LogP) is 1.16. The van der Waals surface area contributed by atoms with Gasteiger partial charge in [0, 0.05) is 5.69 Å². The van der Waals surface area contributed by atoms with Gasteiger partial charge >= 0.3 is 6.03 Å². The average molecular weight is 403 g/mol. The Bertz CT molecular complexity index is 1120. The van der Waals surface area contributed by atoms with Crippen LogP contribution in [-0.2, 0) is 42.1 Å². The summed E-state index contributed by atoms with van der Waals surface area (Å²) in [6.45, 7) is 1.77. The summed E-state index contributed by atoms with van der Waals surface area (Å²) in [5.41, 5.74) is 4.73. The van der Waals surface area contributed by atoms with Gasteiger partial charge in [-0.25, -0.2) is 18.8 Å². The molecule has 0 bridgehead atoms. The third-order valence-electron chi connectivity index (χ3n) is 5.70. The van der Waals surface area contributed by atoms with E-state index in [-0.39, 0.29) is 17.4 Å². The average Bonchev–Trinajstić information content (AvgIpc) is 3.08. The number of aryl methyl sites for hydroxylation is 2. The van der Waals surface area contributed by atoms with E-state index in [0.29, 0.717) is 6.54 Å². The number of benzene rings is 1. The summed E-state index contributed by atoms with van der Waals surface area (Å²) in [5.74, 6) is 0.175. The molecule has 0 fully saturated rings. The number of hydrogen-bond acceptors (Lipinski definition) is 5. The molecule has 28 heavy (non-hydrogen) atoms. The minimum Gasteiger partial charge on any atom is -0.466 e. The van der Waals surface area contributed by atoms with Crippen LogP contribution in [0.15, 0.2) is 21.5 Å². The van der Waals surface area contributed by atoms with Crippen LogP contribution in [0.3, 0.4) is 0 Å². The molecule has 2 atom stereocenters. The first-order chi connectivity index (χ1) is 13.3. The third kappa shape index (κ3) is 2.55. The van der Waals surface area contributed by atoms with Gasteiger partial charge < -0.3 is 15.2 Å². The number of rotatable bonds is 3. The molecule has 0 spiro atoms. The topological polar surface area (TPSA) is 132 Å². The van der Waals surface area contributed by atoms with Gasteiger partial charge in [0.15, 0.2) is 15.5 Å². The first-order valence-corrected chi connectivity index (χ1v) is 10.8. The fourth-order valence-electron chi connectivity index (χ4n) is 3.96. The number of hydrogen-bond donors (Lipinski definition) is 3. The number of nitrogens with zero attached hydrogens (tertiary/aromatic N) is 3. The van der Waals surface area contributed by atoms with E-state index < -0.39 is 21.5 Å². The molecule has 4 N–H and O–H groups in total. The van der Waals surface area contributed by atoms with E-state index >= 15 is 0 Å². The highest BCUT2D eigenvalue weighted by Gasteiger charge is 2.39. The normalized spacial score (nSPS) is 23.2. The van der Waals surface area contributed by atoms with Crippen LogP contribution in [0.25, 0.3) is 0 Å². The van der Waals surface area contributed by atoms with E-state index in [9.17, 15) is 14.1 Å².